The summed E-state index contributed by atoms with van der Waals surface area (Å²) in [5, 5.41) is 9.83. The highest BCUT2D eigenvalue weighted by atomic mass is 16.5. The predicted molar refractivity (Wildman–Crippen MR) is 87.0 cm³/mol. The van der Waals surface area contributed by atoms with Gasteiger partial charge in [0.1, 0.15) is 0 Å². The molecule has 1 aromatic rings. The third-order valence-electron chi connectivity index (χ3n) is 3.91. The molecule has 2 rings (SSSR count). The molecule has 0 unspecified atom stereocenters. The van der Waals surface area contributed by atoms with Crippen molar-refractivity contribution in [1.29, 1.82) is 0 Å². The van der Waals surface area contributed by atoms with Gasteiger partial charge in [-0.1, -0.05) is 12.1 Å². The maximum Gasteiger partial charge on any atom is 0.254 e. The molecule has 0 spiro atoms. The minimum Gasteiger partial charge on any atom is -0.390 e. The molecule has 1 fully saturated rings. The minimum atomic E-state index is -0.685. The molecule has 0 saturated carbocycles. The van der Waals surface area contributed by atoms with Crippen LogP contribution in [-0.2, 0) is 11.2 Å². The van der Waals surface area contributed by atoms with Crippen LogP contribution in [0.5, 0.6) is 0 Å². The summed E-state index contributed by atoms with van der Waals surface area (Å²) < 4.78 is 5.68. The fourth-order valence-corrected chi connectivity index (χ4v) is 2.84. The van der Waals surface area contributed by atoms with Crippen molar-refractivity contribution in [3.63, 3.8) is 0 Å². The lowest BCUT2D eigenvalue weighted by atomic mass is 9.97. The van der Waals surface area contributed by atoms with Crippen LogP contribution in [0.3, 0.4) is 0 Å². The van der Waals surface area contributed by atoms with Crippen molar-refractivity contribution >= 4 is 5.91 Å². The molecule has 1 amide bonds. The predicted octanol–water partition coefficient (Wildman–Crippen LogP) is 2.64. The third kappa shape index (κ3) is 4.82. The average molecular weight is 305 g/mol. The summed E-state index contributed by atoms with van der Waals surface area (Å²) in [5.74, 6) is 0.0621. The van der Waals surface area contributed by atoms with Gasteiger partial charge in [0.2, 0.25) is 0 Å². The van der Waals surface area contributed by atoms with Gasteiger partial charge in [0.25, 0.3) is 5.91 Å². The molecule has 1 saturated heterocycles. The summed E-state index contributed by atoms with van der Waals surface area (Å²) in [7, 11) is 0. The van der Waals surface area contributed by atoms with Gasteiger partial charge in [0.15, 0.2) is 0 Å². The number of aryl methyl sites for hydroxylation is 1. The number of amides is 1. The monoisotopic (exact) mass is 305 g/mol. The van der Waals surface area contributed by atoms with Crippen LogP contribution in [0.4, 0.5) is 0 Å². The molecule has 122 valence electrons. The summed E-state index contributed by atoms with van der Waals surface area (Å²) in [5.41, 5.74) is 1.12. The van der Waals surface area contributed by atoms with Crippen molar-refractivity contribution < 1.29 is 14.6 Å². The average Bonchev–Trinajstić information content (AvgIpc) is 2.43. The number of nitrogens with zero attached hydrogens (tertiary/aromatic N) is 1. The molecular weight excluding hydrogens is 278 g/mol. The van der Waals surface area contributed by atoms with Crippen LogP contribution < -0.4 is 0 Å². The van der Waals surface area contributed by atoms with Crippen LogP contribution in [0.1, 0.15) is 50.0 Å². The Morgan fingerprint density at radius 2 is 1.95 bits per heavy atom. The molecule has 1 aliphatic heterocycles. The third-order valence-corrected chi connectivity index (χ3v) is 3.91. The van der Waals surface area contributed by atoms with E-state index in [0.29, 0.717) is 19.5 Å². The maximum absolute atomic E-state index is 12.7. The highest BCUT2D eigenvalue weighted by Crippen LogP contribution is 2.17. The van der Waals surface area contributed by atoms with Crippen molar-refractivity contribution in [2.24, 2.45) is 0 Å². The van der Waals surface area contributed by atoms with Gasteiger partial charge in [-0.25, -0.2) is 0 Å². The van der Waals surface area contributed by atoms with E-state index in [1.807, 2.05) is 43.0 Å². The summed E-state index contributed by atoms with van der Waals surface area (Å²) in [6.45, 7) is 8.87. The van der Waals surface area contributed by atoms with Gasteiger partial charge in [-0.2, -0.15) is 0 Å². The number of hydrogen-bond acceptors (Lipinski definition) is 3. The molecule has 4 heteroatoms. The van der Waals surface area contributed by atoms with Gasteiger partial charge in [0, 0.05) is 18.7 Å². The highest BCUT2D eigenvalue weighted by molar-refractivity contribution is 5.94. The van der Waals surface area contributed by atoms with Crippen LogP contribution >= 0.6 is 0 Å². The zero-order valence-corrected chi connectivity index (χ0v) is 14.0. The first-order valence-corrected chi connectivity index (χ1v) is 8.00. The Balaban J connectivity index is 2.06. The first kappa shape index (κ1) is 17.0. The van der Waals surface area contributed by atoms with Crippen molar-refractivity contribution in [3.8, 4) is 0 Å². The lowest BCUT2D eigenvalue weighted by Gasteiger charge is -2.35. The fourth-order valence-electron chi connectivity index (χ4n) is 2.84. The Morgan fingerprint density at radius 1 is 1.32 bits per heavy atom. The van der Waals surface area contributed by atoms with Crippen LogP contribution in [0.2, 0.25) is 0 Å². The van der Waals surface area contributed by atoms with E-state index in [0.717, 1.165) is 17.5 Å². The number of aliphatic hydroxyl groups is 1. The van der Waals surface area contributed by atoms with E-state index in [1.165, 1.54) is 0 Å². The summed E-state index contributed by atoms with van der Waals surface area (Å²) in [6.07, 6.45) is 1.59. The molecule has 4 nitrogen and oxygen atoms in total. The first-order valence-electron chi connectivity index (χ1n) is 8.00. The van der Waals surface area contributed by atoms with E-state index in [1.54, 1.807) is 13.8 Å². The Labute approximate surface area is 133 Å². The molecule has 1 N–H and O–H groups in total. The Bertz CT molecular complexity index is 511. The topological polar surface area (TPSA) is 49.8 Å². The molecule has 1 heterocycles. The maximum atomic E-state index is 12.7. The summed E-state index contributed by atoms with van der Waals surface area (Å²) in [6, 6.07) is 7.73. The van der Waals surface area contributed by atoms with Gasteiger partial charge in [0.05, 0.1) is 17.8 Å². The molecule has 0 radical (unpaired) electrons. The van der Waals surface area contributed by atoms with Gasteiger partial charge < -0.3 is 14.7 Å². The van der Waals surface area contributed by atoms with Gasteiger partial charge in [-0.15, -0.1) is 0 Å². The van der Waals surface area contributed by atoms with E-state index in [-0.39, 0.29) is 18.1 Å². The lowest BCUT2D eigenvalue weighted by Crippen LogP contribution is -2.48. The van der Waals surface area contributed by atoms with Crippen molar-refractivity contribution in [3.05, 3.63) is 35.4 Å². The van der Waals surface area contributed by atoms with E-state index in [4.69, 9.17) is 4.74 Å². The summed E-state index contributed by atoms with van der Waals surface area (Å²) >= 11 is 0. The SMILES string of the molecule is C[C@@H]1CN(C(=O)c2cccc(CCC(C)(C)O)c2)C[C@H](C)O1. The van der Waals surface area contributed by atoms with E-state index in [9.17, 15) is 9.90 Å². The van der Waals surface area contributed by atoms with Crippen LogP contribution in [0, 0.1) is 0 Å². The summed E-state index contributed by atoms with van der Waals surface area (Å²) in [4.78, 5) is 14.5. The van der Waals surface area contributed by atoms with Crippen molar-refractivity contribution in [1.82, 2.24) is 4.90 Å². The molecule has 22 heavy (non-hydrogen) atoms. The standard InChI is InChI=1S/C18H27NO3/c1-13-11-19(12-14(2)22-13)17(20)16-7-5-6-15(10-16)8-9-18(3,4)21/h5-7,10,13-14,21H,8-9,11-12H2,1-4H3/t13-,14+. The smallest absolute Gasteiger partial charge is 0.254 e. The lowest BCUT2D eigenvalue weighted by molar-refractivity contribution is -0.0586. The molecule has 2 atom stereocenters. The second-order valence-electron chi connectivity index (χ2n) is 6.98. The van der Waals surface area contributed by atoms with Crippen LogP contribution in [-0.4, -0.2) is 46.8 Å². The number of benzene rings is 1. The fraction of sp³-hybridized carbons (Fsp3) is 0.611. The minimum absolute atomic E-state index is 0.0621. The second kappa shape index (κ2) is 6.80. The molecule has 1 aliphatic rings. The zero-order chi connectivity index (χ0) is 16.3. The van der Waals surface area contributed by atoms with Gasteiger partial charge >= 0.3 is 0 Å². The number of hydrogen-bond donors (Lipinski definition) is 1. The van der Waals surface area contributed by atoms with Gasteiger partial charge in [-0.3, -0.25) is 4.79 Å². The first-order chi connectivity index (χ1) is 10.2. The number of ether oxygens (including phenoxy) is 1. The van der Waals surface area contributed by atoms with Crippen molar-refractivity contribution in [2.75, 3.05) is 13.1 Å². The zero-order valence-electron chi connectivity index (χ0n) is 14.0. The van der Waals surface area contributed by atoms with Crippen LogP contribution in [0.25, 0.3) is 0 Å². The second-order valence-corrected chi connectivity index (χ2v) is 6.98. The largest absolute Gasteiger partial charge is 0.390 e. The number of carbonyl (C=O) groups excluding carboxylic acids is 1. The highest BCUT2D eigenvalue weighted by Gasteiger charge is 2.26. The Kier molecular flexibility index (Phi) is 5.24. The van der Waals surface area contributed by atoms with E-state index in [2.05, 4.69) is 0 Å². The van der Waals surface area contributed by atoms with Gasteiger partial charge in [-0.05, 0) is 58.2 Å². The van der Waals surface area contributed by atoms with Crippen LogP contribution in [0.15, 0.2) is 24.3 Å². The molecule has 0 aromatic heterocycles. The molecule has 0 bridgehead atoms. The van der Waals surface area contributed by atoms with E-state index < -0.39 is 5.60 Å². The Hall–Kier alpha value is -1.39. The Morgan fingerprint density at radius 3 is 2.55 bits per heavy atom. The number of rotatable bonds is 4. The molecular formula is C18H27NO3. The quantitative estimate of drug-likeness (QED) is 0.930. The number of morpholine rings is 1. The number of carbonyl (C=O) groups is 1. The normalized spacial score (nSPS) is 22.7. The molecule has 0 aliphatic carbocycles. The van der Waals surface area contributed by atoms with Crippen molar-refractivity contribution in [2.45, 2.75) is 58.3 Å². The van der Waals surface area contributed by atoms with E-state index >= 15 is 0 Å². The molecule has 1 aromatic carbocycles.